The molecule has 3 aromatic carbocycles. The van der Waals surface area contributed by atoms with Crippen LogP contribution in [0.2, 0.25) is 0 Å². The molecule has 0 amide bonds. The highest BCUT2D eigenvalue weighted by Gasteiger charge is 2.28. The predicted octanol–water partition coefficient (Wildman–Crippen LogP) is 6.81. The second kappa shape index (κ2) is 13.8. The van der Waals surface area contributed by atoms with Crippen molar-refractivity contribution in [1.29, 1.82) is 5.26 Å². The molecule has 11 heteroatoms. The summed E-state index contributed by atoms with van der Waals surface area (Å²) in [5.41, 5.74) is 10.2. The summed E-state index contributed by atoms with van der Waals surface area (Å²) in [5.74, 6) is -0.0174. The molecule has 5 heterocycles. The number of hydrogen-bond donors (Lipinski definition) is 3. The lowest BCUT2D eigenvalue weighted by molar-refractivity contribution is -0.141. The first-order valence-corrected chi connectivity index (χ1v) is 17.6. The van der Waals surface area contributed by atoms with Crippen LogP contribution < -0.4 is 5.32 Å². The maximum atomic E-state index is 11.5. The van der Waals surface area contributed by atoms with Crippen molar-refractivity contribution in [3.63, 3.8) is 0 Å². The molecule has 2 saturated heterocycles. The van der Waals surface area contributed by atoms with Gasteiger partial charge in [-0.2, -0.15) is 5.26 Å². The number of carboxylic acids is 1. The van der Waals surface area contributed by atoms with Gasteiger partial charge in [0.05, 0.1) is 17.6 Å². The van der Waals surface area contributed by atoms with Crippen LogP contribution in [0.1, 0.15) is 40.7 Å². The van der Waals surface area contributed by atoms with E-state index in [4.69, 9.17) is 14.4 Å². The van der Waals surface area contributed by atoms with Crippen molar-refractivity contribution in [2.45, 2.75) is 45.9 Å². The number of aromatic nitrogens is 3. The number of nitrogens with one attached hydrogen (secondary N) is 1. The van der Waals surface area contributed by atoms with Gasteiger partial charge in [-0.15, -0.1) is 0 Å². The van der Waals surface area contributed by atoms with Crippen molar-refractivity contribution in [1.82, 2.24) is 24.8 Å². The van der Waals surface area contributed by atoms with Crippen molar-refractivity contribution in [2.24, 2.45) is 5.92 Å². The van der Waals surface area contributed by atoms with Crippen LogP contribution in [0.4, 0.5) is 11.5 Å². The Morgan fingerprint density at radius 1 is 0.942 bits per heavy atom. The lowest BCUT2D eigenvalue weighted by Gasteiger charge is -2.18. The van der Waals surface area contributed by atoms with Gasteiger partial charge in [-0.3, -0.25) is 19.6 Å². The van der Waals surface area contributed by atoms with Gasteiger partial charge in [-0.1, -0.05) is 24.3 Å². The molecule has 8 rings (SSSR count). The standard InChI is InChI=1S/C41H39N7O4/c1-24-31(5-3-7-33(24)40-46-36-18-26(17-29(19-42)38(36)52-40)20-47-15-11-28(22-47)41(50)51)32-6-4-8-35(25(32)2)45-39-37-34(10-14-44-39)27(9-13-43-37)21-48-16-12-30(49)23-48/h3-10,13-14,17-18,28,30,49H,11-12,15-16,20-23H2,1-2H3,(H,44,45)(H,50,51). The molecule has 0 saturated carbocycles. The third kappa shape index (κ3) is 6.37. The Bertz CT molecular complexity index is 2380. The maximum absolute atomic E-state index is 11.5. The number of pyridine rings is 2. The number of aliphatic carboxylic acids is 1. The van der Waals surface area contributed by atoms with Crippen molar-refractivity contribution < 1.29 is 19.4 Å². The van der Waals surface area contributed by atoms with Crippen LogP contribution >= 0.6 is 0 Å². The first-order chi connectivity index (χ1) is 25.2. The number of benzene rings is 3. The summed E-state index contributed by atoms with van der Waals surface area (Å²) in [6.45, 7) is 8.18. The van der Waals surface area contributed by atoms with Gasteiger partial charge in [0.15, 0.2) is 11.4 Å². The molecule has 52 heavy (non-hydrogen) atoms. The van der Waals surface area contributed by atoms with Crippen molar-refractivity contribution in [3.05, 3.63) is 101 Å². The number of aliphatic hydroxyl groups excluding tert-OH is 1. The van der Waals surface area contributed by atoms with Crippen molar-refractivity contribution >= 4 is 39.5 Å². The van der Waals surface area contributed by atoms with Crippen LogP contribution in [0.3, 0.4) is 0 Å². The lowest BCUT2D eigenvalue weighted by Crippen LogP contribution is -2.22. The minimum Gasteiger partial charge on any atom is -0.481 e. The molecule has 2 atom stereocenters. The molecule has 3 aromatic heterocycles. The molecule has 262 valence electrons. The zero-order valence-electron chi connectivity index (χ0n) is 29.1. The van der Waals surface area contributed by atoms with Crippen LogP contribution in [0.25, 0.3) is 44.6 Å². The first-order valence-electron chi connectivity index (χ1n) is 17.6. The summed E-state index contributed by atoms with van der Waals surface area (Å²) >= 11 is 0. The summed E-state index contributed by atoms with van der Waals surface area (Å²) in [6, 6.07) is 22.3. The minimum atomic E-state index is -0.767. The average Bonchev–Trinajstić information content (AvgIpc) is 3.90. The Labute approximate surface area is 301 Å². The molecule has 3 N–H and O–H groups in total. The molecule has 2 unspecified atom stereocenters. The van der Waals surface area contributed by atoms with Gasteiger partial charge < -0.3 is 19.9 Å². The summed E-state index contributed by atoms with van der Waals surface area (Å²) in [5, 5.41) is 34.1. The third-order valence-electron chi connectivity index (χ3n) is 10.5. The largest absolute Gasteiger partial charge is 0.481 e. The maximum Gasteiger partial charge on any atom is 0.307 e. The highest BCUT2D eigenvalue weighted by Crippen LogP contribution is 2.38. The monoisotopic (exact) mass is 693 g/mol. The Kier molecular flexibility index (Phi) is 8.89. The average molecular weight is 694 g/mol. The van der Waals surface area contributed by atoms with E-state index < -0.39 is 5.97 Å². The fraction of sp³-hybridized carbons (Fsp3) is 0.293. The van der Waals surface area contributed by atoms with Crippen molar-refractivity contribution in [2.75, 3.05) is 31.5 Å². The van der Waals surface area contributed by atoms with Crippen LogP contribution in [0.15, 0.2) is 77.5 Å². The number of carbonyl (C=O) groups is 1. The second-order valence-corrected chi connectivity index (χ2v) is 14.0. The van der Waals surface area contributed by atoms with Crippen LogP contribution in [0.5, 0.6) is 0 Å². The first kappa shape index (κ1) is 33.5. The van der Waals surface area contributed by atoms with Gasteiger partial charge in [0, 0.05) is 61.8 Å². The molecule has 0 radical (unpaired) electrons. The van der Waals surface area contributed by atoms with Gasteiger partial charge in [0.25, 0.3) is 0 Å². The Hall–Kier alpha value is -5.67. The molecular formula is C41H39N7O4. The molecule has 2 fully saturated rings. The Morgan fingerprint density at radius 3 is 2.46 bits per heavy atom. The minimum absolute atomic E-state index is 0.270. The SMILES string of the molecule is Cc1c(Nc2nccc3c(CN4CCC(O)C4)ccnc23)cccc1-c1cccc(-c2nc3cc(CN4CCC(C(=O)O)C4)cc(C#N)c3o2)c1C. The highest BCUT2D eigenvalue weighted by atomic mass is 16.4. The van der Waals surface area contributed by atoms with E-state index in [1.807, 2.05) is 60.9 Å². The zero-order valence-corrected chi connectivity index (χ0v) is 29.1. The normalized spacial score (nSPS) is 18.0. The van der Waals surface area contributed by atoms with E-state index in [-0.39, 0.29) is 12.0 Å². The smallest absolute Gasteiger partial charge is 0.307 e. The van der Waals surface area contributed by atoms with E-state index in [0.717, 1.165) is 75.0 Å². The Balaban J connectivity index is 1.08. The number of carboxylic acid groups (broad SMARTS) is 1. The number of nitrogens with zero attached hydrogens (tertiary/aromatic N) is 6. The molecule has 2 aliphatic rings. The van der Waals surface area contributed by atoms with Gasteiger partial charge in [0.2, 0.25) is 5.89 Å². The van der Waals surface area contributed by atoms with E-state index in [2.05, 4.69) is 52.2 Å². The number of fused-ring (bicyclic) bond motifs is 2. The number of likely N-dealkylation sites (tertiary alicyclic amines) is 2. The summed E-state index contributed by atoms with van der Waals surface area (Å²) < 4.78 is 6.28. The van der Waals surface area contributed by atoms with Crippen LogP contribution in [-0.2, 0) is 17.9 Å². The van der Waals surface area contributed by atoms with Gasteiger partial charge in [-0.05, 0) is 103 Å². The second-order valence-electron chi connectivity index (χ2n) is 14.0. The molecule has 0 spiro atoms. The van der Waals surface area contributed by atoms with Gasteiger partial charge >= 0.3 is 5.97 Å². The third-order valence-corrected chi connectivity index (χ3v) is 10.5. The quantitative estimate of drug-likeness (QED) is 0.146. The molecule has 0 bridgehead atoms. The van der Waals surface area contributed by atoms with E-state index in [9.17, 15) is 20.3 Å². The molecule has 0 aliphatic carbocycles. The molecule has 6 aromatic rings. The van der Waals surface area contributed by atoms with E-state index in [1.165, 1.54) is 0 Å². The topological polar surface area (TPSA) is 152 Å². The van der Waals surface area contributed by atoms with Gasteiger partial charge in [0.1, 0.15) is 17.1 Å². The number of hydrogen-bond acceptors (Lipinski definition) is 10. The molecule has 11 nitrogen and oxygen atoms in total. The van der Waals surface area contributed by atoms with Crippen LogP contribution in [0, 0.1) is 31.1 Å². The number of oxazole rings is 1. The number of anilines is 2. The van der Waals surface area contributed by atoms with Gasteiger partial charge in [-0.25, -0.2) is 9.97 Å². The van der Waals surface area contributed by atoms with Crippen LogP contribution in [-0.4, -0.2) is 73.2 Å². The number of rotatable bonds is 9. The van der Waals surface area contributed by atoms with E-state index in [0.29, 0.717) is 61.0 Å². The number of aliphatic hydroxyl groups is 1. The van der Waals surface area contributed by atoms with E-state index >= 15 is 0 Å². The van der Waals surface area contributed by atoms with Crippen molar-refractivity contribution in [3.8, 4) is 28.7 Å². The predicted molar refractivity (Wildman–Crippen MR) is 199 cm³/mol. The number of nitriles is 1. The summed E-state index contributed by atoms with van der Waals surface area (Å²) in [4.78, 5) is 30.1. The fourth-order valence-corrected chi connectivity index (χ4v) is 7.73. The number of β-amino-alcohol motifs (C(OH)–C–C–N with tert-alkyl or cyclic N) is 1. The summed E-state index contributed by atoms with van der Waals surface area (Å²) in [7, 11) is 0. The summed E-state index contributed by atoms with van der Waals surface area (Å²) in [6.07, 6.45) is 4.78. The zero-order chi connectivity index (χ0) is 35.9. The molecular weight excluding hydrogens is 654 g/mol. The molecule has 2 aliphatic heterocycles. The van der Waals surface area contributed by atoms with E-state index in [1.54, 1.807) is 0 Å². The fourth-order valence-electron chi connectivity index (χ4n) is 7.73. The lowest BCUT2D eigenvalue weighted by atomic mass is 9.93. The Morgan fingerprint density at radius 2 is 1.69 bits per heavy atom. The highest BCUT2D eigenvalue weighted by molar-refractivity contribution is 5.93.